The summed E-state index contributed by atoms with van der Waals surface area (Å²) in [5, 5.41) is 11.1. The van der Waals surface area contributed by atoms with Gasteiger partial charge in [0.05, 0.1) is 6.10 Å². The number of hydrogen-bond donors (Lipinski definition) is 1. The molecule has 0 fully saturated rings. The van der Waals surface area contributed by atoms with Crippen LogP contribution in [0, 0.1) is 5.82 Å². The van der Waals surface area contributed by atoms with E-state index in [1.165, 1.54) is 23.5 Å². The summed E-state index contributed by atoms with van der Waals surface area (Å²) in [6, 6.07) is 8.45. The molecule has 0 aliphatic rings. The van der Waals surface area contributed by atoms with E-state index in [9.17, 15) is 9.50 Å². The summed E-state index contributed by atoms with van der Waals surface area (Å²) < 4.78 is 15.0. The number of halogens is 2. The Hall–Kier alpha value is -1.30. The number of aromatic nitrogens is 1. The maximum atomic E-state index is 13.2. The molecule has 3 aromatic rings. The highest BCUT2D eigenvalue weighted by atomic mass is 79.9. The largest absolute Gasteiger partial charge is 0.387 e. The van der Waals surface area contributed by atoms with Crippen molar-refractivity contribution in [3.05, 3.63) is 63.5 Å². The molecule has 20 heavy (non-hydrogen) atoms. The van der Waals surface area contributed by atoms with E-state index >= 15 is 0 Å². The average molecular weight is 352 g/mol. The van der Waals surface area contributed by atoms with Gasteiger partial charge in [-0.25, -0.2) is 4.39 Å². The Labute approximate surface area is 128 Å². The van der Waals surface area contributed by atoms with Crippen molar-refractivity contribution in [1.82, 2.24) is 4.98 Å². The van der Waals surface area contributed by atoms with E-state index in [4.69, 9.17) is 0 Å². The van der Waals surface area contributed by atoms with Crippen molar-refractivity contribution < 1.29 is 9.50 Å². The smallest absolute Gasteiger partial charge is 0.123 e. The maximum Gasteiger partial charge on any atom is 0.123 e. The maximum absolute atomic E-state index is 13.2. The van der Waals surface area contributed by atoms with Gasteiger partial charge in [-0.15, -0.1) is 11.3 Å². The molecule has 2 heterocycles. The molecule has 0 spiro atoms. The first-order valence-electron chi connectivity index (χ1n) is 6.08. The van der Waals surface area contributed by atoms with Gasteiger partial charge in [-0.1, -0.05) is 0 Å². The molecule has 2 aromatic heterocycles. The van der Waals surface area contributed by atoms with Crippen molar-refractivity contribution in [1.29, 1.82) is 0 Å². The Morgan fingerprint density at radius 1 is 1.25 bits per heavy atom. The standard InChI is InChI=1S/C15H11BrFNOS/c16-11-3-9(7-18-8-11)4-13(19)15-6-10-5-12(17)1-2-14(10)20-15/h1-3,5-8,13,19H,4H2. The third-order valence-electron chi connectivity index (χ3n) is 3.02. The summed E-state index contributed by atoms with van der Waals surface area (Å²) in [6.45, 7) is 0. The number of aliphatic hydroxyl groups is 1. The van der Waals surface area contributed by atoms with E-state index in [-0.39, 0.29) is 5.82 Å². The monoisotopic (exact) mass is 351 g/mol. The molecule has 0 amide bonds. The summed E-state index contributed by atoms with van der Waals surface area (Å²) in [5.74, 6) is -0.257. The fourth-order valence-corrected chi connectivity index (χ4v) is 3.53. The fraction of sp³-hybridized carbons (Fsp3) is 0.133. The zero-order chi connectivity index (χ0) is 14.1. The Morgan fingerprint density at radius 2 is 2.10 bits per heavy atom. The molecule has 5 heteroatoms. The third kappa shape index (κ3) is 2.90. The first kappa shape index (κ1) is 13.7. The predicted octanol–water partition coefficient (Wildman–Crippen LogP) is 4.47. The van der Waals surface area contributed by atoms with Crippen LogP contribution >= 0.6 is 27.3 Å². The lowest BCUT2D eigenvalue weighted by Crippen LogP contribution is -1.99. The minimum absolute atomic E-state index is 0.257. The first-order valence-corrected chi connectivity index (χ1v) is 7.69. The van der Waals surface area contributed by atoms with Crippen LogP contribution in [0.1, 0.15) is 16.5 Å². The molecular weight excluding hydrogens is 341 g/mol. The van der Waals surface area contributed by atoms with Gasteiger partial charge < -0.3 is 5.11 Å². The molecule has 102 valence electrons. The quantitative estimate of drug-likeness (QED) is 0.754. The van der Waals surface area contributed by atoms with Crippen LogP contribution in [0.5, 0.6) is 0 Å². The molecule has 0 saturated heterocycles. The number of pyridine rings is 1. The minimum atomic E-state index is -0.605. The van der Waals surface area contributed by atoms with Crippen LogP contribution < -0.4 is 0 Å². The second kappa shape index (κ2) is 5.60. The number of fused-ring (bicyclic) bond motifs is 1. The lowest BCUT2D eigenvalue weighted by Gasteiger charge is -2.08. The van der Waals surface area contributed by atoms with Gasteiger partial charge in [0.25, 0.3) is 0 Å². The zero-order valence-corrected chi connectivity index (χ0v) is 12.8. The fourth-order valence-electron chi connectivity index (χ4n) is 2.09. The van der Waals surface area contributed by atoms with Crippen molar-refractivity contribution in [2.45, 2.75) is 12.5 Å². The van der Waals surface area contributed by atoms with Crippen LogP contribution in [0.2, 0.25) is 0 Å². The highest BCUT2D eigenvalue weighted by molar-refractivity contribution is 9.10. The van der Waals surface area contributed by atoms with E-state index in [0.29, 0.717) is 6.42 Å². The molecular formula is C15H11BrFNOS. The molecule has 1 unspecified atom stereocenters. The molecule has 0 aliphatic carbocycles. The lowest BCUT2D eigenvalue weighted by atomic mass is 10.1. The van der Waals surface area contributed by atoms with E-state index < -0.39 is 6.10 Å². The minimum Gasteiger partial charge on any atom is -0.387 e. The van der Waals surface area contributed by atoms with Crippen LogP contribution in [0.25, 0.3) is 10.1 Å². The van der Waals surface area contributed by atoms with Crippen LogP contribution in [-0.2, 0) is 6.42 Å². The van der Waals surface area contributed by atoms with E-state index in [0.717, 1.165) is 25.0 Å². The summed E-state index contributed by atoms with van der Waals surface area (Å²) in [6.07, 6.45) is 3.33. The van der Waals surface area contributed by atoms with E-state index in [1.54, 1.807) is 18.5 Å². The Balaban J connectivity index is 1.86. The molecule has 0 radical (unpaired) electrons. The average Bonchev–Trinajstić information content (AvgIpc) is 2.81. The van der Waals surface area contributed by atoms with Gasteiger partial charge in [0.2, 0.25) is 0 Å². The molecule has 0 aliphatic heterocycles. The summed E-state index contributed by atoms with van der Waals surface area (Å²) in [7, 11) is 0. The molecule has 0 bridgehead atoms. The number of aliphatic hydroxyl groups excluding tert-OH is 1. The highest BCUT2D eigenvalue weighted by Gasteiger charge is 2.13. The molecule has 1 aromatic carbocycles. The van der Waals surface area contributed by atoms with Crippen molar-refractivity contribution in [2.75, 3.05) is 0 Å². The third-order valence-corrected chi connectivity index (χ3v) is 4.67. The van der Waals surface area contributed by atoms with Crippen molar-refractivity contribution in [3.8, 4) is 0 Å². The number of hydrogen-bond acceptors (Lipinski definition) is 3. The summed E-state index contributed by atoms with van der Waals surface area (Å²) in [5.41, 5.74) is 0.954. The van der Waals surface area contributed by atoms with Crippen molar-refractivity contribution in [2.24, 2.45) is 0 Å². The lowest BCUT2D eigenvalue weighted by molar-refractivity contribution is 0.182. The Morgan fingerprint density at radius 3 is 2.90 bits per heavy atom. The van der Waals surface area contributed by atoms with Gasteiger partial charge in [0, 0.05) is 32.9 Å². The summed E-state index contributed by atoms with van der Waals surface area (Å²) in [4.78, 5) is 4.92. The number of thiophene rings is 1. The molecule has 2 nitrogen and oxygen atoms in total. The van der Waals surface area contributed by atoms with Crippen LogP contribution in [0.15, 0.2) is 47.2 Å². The SMILES string of the molecule is OC(Cc1cncc(Br)c1)c1cc2cc(F)ccc2s1. The Kier molecular flexibility index (Phi) is 3.83. The second-order valence-corrected chi connectivity index (χ2v) is 6.59. The van der Waals surface area contributed by atoms with Crippen LogP contribution in [0.3, 0.4) is 0 Å². The summed E-state index contributed by atoms with van der Waals surface area (Å²) >= 11 is 4.85. The van der Waals surface area contributed by atoms with Gasteiger partial charge in [0.15, 0.2) is 0 Å². The molecule has 1 atom stereocenters. The topological polar surface area (TPSA) is 33.1 Å². The van der Waals surface area contributed by atoms with Gasteiger partial charge in [0.1, 0.15) is 5.82 Å². The normalized spacial score (nSPS) is 12.8. The van der Waals surface area contributed by atoms with Gasteiger partial charge in [-0.2, -0.15) is 0 Å². The molecule has 1 N–H and O–H groups in total. The predicted molar refractivity (Wildman–Crippen MR) is 82.4 cm³/mol. The number of benzene rings is 1. The Bertz CT molecular complexity index is 758. The van der Waals surface area contributed by atoms with Crippen LogP contribution in [0.4, 0.5) is 4.39 Å². The zero-order valence-electron chi connectivity index (χ0n) is 10.4. The molecule has 0 saturated carbocycles. The van der Waals surface area contributed by atoms with Crippen molar-refractivity contribution in [3.63, 3.8) is 0 Å². The van der Waals surface area contributed by atoms with Gasteiger partial charge in [-0.05, 0) is 57.2 Å². The highest BCUT2D eigenvalue weighted by Crippen LogP contribution is 2.32. The van der Waals surface area contributed by atoms with E-state index in [1.807, 2.05) is 12.1 Å². The van der Waals surface area contributed by atoms with Crippen LogP contribution in [-0.4, -0.2) is 10.1 Å². The van der Waals surface area contributed by atoms with E-state index in [2.05, 4.69) is 20.9 Å². The van der Waals surface area contributed by atoms with Crippen molar-refractivity contribution >= 4 is 37.4 Å². The molecule has 3 rings (SSSR count). The number of nitrogens with zero attached hydrogens (tertiary/aromatic N) is 1. The second-order valence-electron chi connectivity index (χ2n) is 4.56. The van der Waals surface area contributed by atoms with Gasteiger partial charge in [-0.3, -0.25) is 4.98 Å². The first-order chi connectivity index (χ1) is 9.61. The number of rotatable bonds is 3. The van der Waals surface area contributed by atoms with Gasteiger partial charge >= 0.3 is 0 Å².